The van der Waals surface area contributed by atoms with Crippen molar-refractivity contribution in [3.05, 3.63) is 46.5 Å². The molecule has 0 aromatic heterocycles. The molecule has 0 radical (unpaired) electrons. The Balaban J connectivity index is 1.89. The summed E-state index contributed by atoms with van der Waals surface area (Å²) in [6.45, 7) is 0.471. The Morgan fingerprint density at radius 1 is 0.913 bits per heavy atom. The predicted octanol–water partition coefficient (Wildman–Crippen LogP) is 5.04. The molecule has 120 valence electrons. The Kier molecular flexibility index (Phi) is 5.02. The standard InChI is InChI=1S/C18H17BrClNO2/c19-10-3-1-2-4-11-21-17(22)13-7-5-6-12-15(20)9-8-14(16(12)13)18(21)23/h5-9H,1-4,10-11H2. The van der Waals surface area contributed by atoms with Crippen LogP contribution in [0.25, 0.3) is 10.8 Å². The van der Waals surface area contributed by atoms with E-state index in [1.807, 2.05) is 12.1 Å². The maximum Gasteiger partial charge on any atom is 0.261 e. The fraction of sp³-hybridized carbons (Fsp3) is 0.333. The van der Waals surface area contributed by atoms with Crippen LogP contribution in [0, 0.1) is 0 Å². The summed E-state index contributed by atoms with van der Waals surface area (Å²) in [5, 5.41) is 3.00. The molecule has 0 aliphatic carbocycles. The second-order valence-corrected chi connectivity index (χ2v) is 6.89. The van der Waals surface area contributed by atoms with Gasteiger partial charge in [-0.25, -0.2) is 0 Å². The highest BCUT2D eigenvalue weighted by Gasteiger charge is 2.32. The van der Waals surface area contributed by atoms with Gasteiger partial charge in [-0.15, -0.1) is 0 Å². The molecule has 0 fully saturated rings. The second kappa shape index (κ2) is 7.02. The van der Waals surface area contributed by atoms with E-state index in [1.54, 1.807) is 18.2 Å². The summed E-state index contributed by atoms with van der Waals surface area (Å²) in [7, 11) is 0. The van der Waals surface area contributed by atoms with Gasteiger partial charge in [0.15, 0.2) is 0 Å². The molecule has 1 aliphatic rings. The van der Waals surface area contributed by atoms with Crippen molar-refractivity contribution < 1.29 is 9.59 Å². The molecule has 23 heavy (non-hydrogen) atoms. The molecule has 2 aromatic carbocycles. The molecule has 0 bridgehead atoms. The summed E-state index contributed by atoms with van der Waals surface area (Å²) in [4.78, 5) is 26.8. The smallest absolute Gasteiger partial charge is 0.261 e. The number of alkyl halides is 1. The molecule has 1 heterocycles. The number of nitrogens with zero attached hydrogens (tertiary/aromatic N) is 1. The molecule has 2 aromatic rings. The Morgan fingerprint density at radius 2 is 1.61 bits per heavy atom. The van der Waals surface area contributed by atoms with Crippen LogP contribution in [-0.4, -0.2) is 28.6 Å². The summed E-state index contributed by atoms with van der Waals surface area (Å²) < 4.78 is 0. The van der Waals surface area contributed by atoms with Crippen LogP contribution in [0.3, 0.4) is 0 Å². The monoisotopic (exact) mass is 393 g/mol. The number of imide groups is 1. The van der Waals surface area contributed by atoms with Gasteiger partial charge in [-0.1, -0.05) is 52.5 Å². The van der Waals surface area contributed by atoms with E-state index in [9.17, 15) is 9.59 Å². The van der Waals surface area contributed by atoms with Gasteiger partial charge < -0.3 is 0 Å². The number of carbonyl (C=O) groups is 2. The van der Waals surface area contributed by atoms with Gasteiger partial charge in [0, 0.05) is 38.8 Å². The van der Waals surface area contributed by atoms with E-state index >= 15 is 0 Å². The van der Waals surface area contributed by atoms with Crippen LogP contribution in [0.2, 0.25) is 5.02 Å². The van der Waals surface area contributed by atoms with Crippen LogP contribution in [0.15, 0.2) is 30.3 Å². The fourth-order valence-electron chi connectivity index (χ4n) is 3.03. The lowest BCUT2D eigenvalue weighted by molar-refractivity contribution is 0.0608. The normalized spacial score (nSPS) is 13.9. The van der Waals surface area contributed by atoms with Crippen molar-refractivity contribution in [3.63, 3.8) is 0 Å². The van der Waals surface area contributed by atoms with Crippen molar-refractivity contribution in [1.29, 1.82) is 0 Å². The average Bonchev–Trinajstić information content (AvgIpc) is 2.56. The topological polar surface area (TPSA) is 37.4 Å². The Labute approximate surface area is 148 Å². The maximum absolute atomic E-state index is 12.7. The number of benzene rings is 2. The average molecular weight is 395 g/mol. The van der Waals surface area contributed by atoms with Crippen molar-refractivity contribution in [2.24, 2.45) is 0 Å². The number of hydrogen-bond donors (Lipinski definition) is 0. The first kappa shape index (κ1) is 16.5. The molecule has 5 heteroatoms. The molecule has 1 aliphatic heterocycles. The van der Waals surface area contributed by atoms with Crippen LogP contribution in [0.5, 0.6) is 0 Å². The highest BCUT2D eigenvalue weighted by atomic mass is 79.9. The van der Waals surface area contributed by atoms with Crippen molar-refractivity contribution in [3.8, 4) is 0 Å². The summed E-state index contributed by atoms with van der Waals surface area (Å²) >= 11 is 9.61. The van der Waals surface area contributed by atoms with Crippen LogP contribution in [0.1, 0.15) is 46.4 Å². The van der Waals surface area contributed by atoms with Gasteiger partial charge in [0.25, 0.3) is 11.8 Å². The number of carbonyl (C=O) groups excluding carboxylic acids is 2. The first-order chi connectivity index (χ1) is 11.1. The minimum atomic E-state index is -0.212. The molecule has 3 nitrogen and oxygen atoms in total. The number of unbranched alkanes of at least 4 members (excludes halogenated alkanes) is 3. The highest BCUT2D eigenvalue weighted by Crippen LogP contribution is 2.34. The molecule has 3 rings (SSSR count). The third-order valence-electron chi connectivity index (χ3n) is 4.20. The first-order valence-electron chi connectivity index (χ1n) is 7.78. The summed E-state index contributed by atoms with van der Waals surface area (Å²) in [6.07, 6.45) is 4.06. The van der Waals surface area contributed by atoms with Gasteiger partial charge in [0.05, 0.1) is 0 Å². The Morgan fingerprint density at radius 3 is 2.35 bits per heavy atom. The van der Waals surface area contributed by atoms with Crippen molar-refractivity contribution in [2.75, 3.05) is 11.9 Å². The SMILES string of the molecule is O=C1c2cccc3c(Cl)ccc(c23)C(=O)N1CCCCCCBr. The maximum atomic E-state index is 12.7. The minimum Gasteiger partial charge on any atom is -0.274 e. The van der Waals surface area contributed by atoms with Gasteiger partial charge in [-0.2, -0.15) is 0 Å². The van der Waals surface area contributed by atoms with E-state index in [2.05, 4.69) is 15.9 Å². The minimum absolute atomic E-state index is 0.212. The molecule has 0 spiro atoms. The number of hydrogen-bond acceptors (Lipinski definition) is 2. The Bertz CT molecular complexity index is 753. The highest BCUT2D eigenvalue weighted by molar-refractivity contribution is 9.09. The van der Waals surface area contributed by atoms with Gasteiger partial charge in [-0.05, 0) is 31.0 Å². The number of amides is 2. The zero-order chi connectivity index (χ0) is 16.4. The van der Waals surface area contributed by atoms with Crippen molar-refractivity contribution in [2.45, 2.75) is 25.7 Å². The quantitative estimate of drug-likeness (QED) is 0.391. The fourth-order valence-corrected chi connectivity index (χ4v) is 3.65. The lowest BCUT2D eigenvalue weighted by Crippen LogP contribution is -2.40. The van der Waals surface area contributed by atoms with Crippen LogP contribution < -0.4 is 0 Å². The number of rotatable bonds is 6. The van der Waals surface area contributed by atoms with Gasteiger partial charge in [-0.3, -0.25) is 14.5 Å². The summed E-state index contributed by atoms with van der Waals surface area (Å²) in [5.74, 6) is -0.424. The predicted molar refractivity (Wildman–Crippen MR) is 96.6 cm³/mol. The molecule has 0 unspecified atom stereocenters. The first-order valence-corrected chi connectivity index (χ1v) is 9.28. The van der Waals surface area contributed by atoms with E-state index in [1.165, 1.54) is 4.90 Å². The molecule has 0 atom stereocenters. The third kappa shape index (κ3) is 3.02. The van der Waals surface area contributed by atoms with Gasteiger partial charge in [0.1, 0.15) is 0 Å². The molecule has 0 saturated carbocycles. The molecule has 0 N–H and O–H groups in total. The van der Waals surface area contributed by atoms with E-state index < -0.39 is 0 Å². The lowest BCUT2D eigenvalue weighted by atomic mass is 9.94. The van der Waals surface area contributed by atoms with Gasteiger partial charge in [0.2, 0.25) is 0 Å². The van der Waals surface area contributed by atoms with Crippen molar-refractivity contribution in [1.82, 2.24) is 4.90 Å². The van der Waals surface area contributed by atoms with Crippen LogP contribution in [-0.2, 0) is 0 Å². The Hall–Kier alpha value is -1.39. The van der Waals surface area contributed by atoms with Gasteiger partial charge >= 0.3 is 0 Å². The molecular formula is C18H17BrClNO2. The van der Waals surface area contributed by atoms with E-state index in [0.717, 1.165) is 36.4 Å². The van der Waals surface area contributed by atoms with E-state index in [0.29, 0.717) is 28.1 Å². The zero-order valence-corrected chi connectivity index (χ0v) is 15.0. The lowest BCUT2D eigenvalue weighted by Gasteiger charge is -2.27. The zero-order valence-electron chi connectivity index (χ0n) is 12.6. The van der Waals surface area contributed by atoms with Crippen LogP contribution >= 0.6 is 27.5 Å². The van der Waals surface area contributed by atoms with Crippen LogP contribution in [0.4, 0.5) is 0 Å². The summed E-state index contributed by atoms with van der Waals surface area (Å²) in [5.41, 5.74) is 1.14. The van der Waals surface area contributed by atoms with E-state index in [-0.39, 0.29) is 11.8 Å². The number of halogens is 2. The molecule has 2 amide bonds. The molecular weight excluding hydrogens is 378 g/mol. The van der Waals surface area contributed by atoms with Crippen molar-refractivity contribution >= 4 is 50.1 Å². The summed E-state index contributed by atoms with van der Waals surface area (Å²) in [6, 6.07) is 8.89. The largest absolute Gasteiger partial charge is 0.274 e. The molecule has 0 saturated heterocycles. The van der Waals surface area contributed by atoms with E-state index in [4.69, 9.17) is 11.6 Å². The second-order valence-electron chi connectivity index (χ2n) is 5.69. The third-order valence-corrected chi connectivity index (χ3v) is 5.09.